The molecule has 0 saturated heterocycles. The first-order valence-electron chi connectivity index (χ1n) is 6.89. The summed E-state index contributed by atoms with van der Waals surface area (Å²) in [6.07, 6.45) is 2.45. The molecule has 0 spiro atoms. The lowest BCUT2D eigenvalue weighted by Crippen LogP contribution is -2.28. The zero-order chi connectivity index (χ0) is 15.1. The zero-order valence-corrected chi connectivity index (χ0v) is 12.8. The van der Waals surface area contributed by atoms with Gasteiger partial charge in [-0.3, -0.25) is 9.89 Å². The van der Waals surface area contributed by atoms with Gasteiger partial charge in [0, 0.05) is 38.1 Å². The lowest BCUT2D eigenvalue weighted by atomic mass is 10.1. The molecule has 0 saturated carbocycles. The molecule has 4 nitrogen and oxygen atoms in total. The van der Waals surface area contributed by atoms with Crippen LogP contribution in [0.1, 0.15) is 12.0 Å². The van der Waals surface area contributed by atoms with Gasteiger partial charge in [0.25, 0.3) is 0 Å². The number of halogens is 1. The Morgan fingerprint density at radius 1 is 1.33 bits per heavy atom. The van der Waals surface area contributed by atoms with Crippen LogP contribution in [0.25, 0.3) is 0 Å². The maximum Gasteiger partial charge on any atom is 0.356 e. The summed E-state index contributed by atoms with van der Waals surface area (Å²) >= 11 is 5.89. The molecule has 0 radical (unpaired) electrons. The van der Waals surface area contributed by atoms with Crippen molar-refractivity contribution >= 4 is 23.8 Å². The Hall–Kier alpha value is -1.65. The smallest absolute Gasteiger partial charge is 0.356 e. The van der Waals surface area contributed by atoms with Gasteiger partial charge in [-0.15, -0.1) is 11.6 Å². The third-order valence-electron chi connectivity index (χ3n) is 3.34. The summed E-state index contributed by atoms with van der Waals surface area (Å²) in [5, 5.41) is 0. The number of methoxy groups -OCH3 is 1. The van der Waals surface area contributed by atoms with Gasteiger partial charge in [-0.2, -0.15) is 0 Å². The van der Waals surface area contributed by atoms with Crippen LogP contribution in [0.4, 0.5) is 0 Å². The molecule has 1 aliphatic rings. The molecule has 1 heterocycles. The molecule has 0 bridgehead atoms. The van der Waals surface area contributed by atoms with Crippen LogP contribution in [0.3, 0.4) is 0 Å². The van der Waals surface area contributed by atoms with Crippen molar-refractivity contribution in [3.8, 4) is 0 Å². The number of aliphatic imine (C=N–C) groups is 1. The van der Waals surface area contributed by atoms with Gasteiger partial charge in [0.05, 0.1) is 7.11 Å². The topological polar surface area (TPSA) is 41.9 Å². The van der Waals surface area contributed by atoms with Crippen molar-refractivity contribution in [2.75, 3.05) is 26.1 Å². The summed E-state index contributed by atoms with van der Waals surface area (Å²) in [5.74, 6) is 0.179. The van der Waals surface area contributed by atoms with Gasteiger partial charge in [0.1, 0.15) is 5.70 Å². The molecule has 5 heteroatoms. The Morgan fingerprint density at radius 2 is 2.10 bits per heavy atom. The van der Waals surface area contributed by atoms with Crippen molar-refractivity contribution < 1.29 is 9.53 Å². The van der Waals surface area contributed by atoms with Crippen LogP contribution in [0.15, 0.2) is 46.6 Å². The minimum Gasteiger partial charge on any atom is -0.464 e. The molecular weight excluding hydrogens is 288 g/mol. The molecule has 1 aromatic rings. The highest BCUT2D eigenvalue weighted by atomic mass is 35.5. The van der Waals surface area contributed by atoms with E-state index in [1.54, 1.807) is 6.21 Å². The van der Waals surface area contributed by atoms with Crippen LogP contribution in [0, 0.1) is 0 Å². The molecule has 0 amide bonds. The summed E-state index contributed by atoms with van der Waals surface area (Å²) in [5.41, 5.74) is 2.65. The van der Waals surface area contributed by atoms with E-state index in [4.69, 9.17) is 16.3 Å². The second-order valence-corrected chi connectivity index (χ2v) is 5.22. The normalized spacial score (nSPS) is 14.0. The SMILES string of the molecule is COC(=O)C1=C(CN(CCCl)Cc2ccccc2)CC=N1. The maximum atomic E-state index is 11.7. The van der Waals surface area contributed by atoms with Crippen molar-refractivity contribution in [2.24, 2.45) is 4.99 Å². The summed E-state index contributed by atoms with van der Waals surface area (Å²) in [7, 11) is 1.38. The molecule has 0 aromatic heterocycles. The summed E-state index contributed by atoms with van der Waals surface area (Å²) in [4.78, 5) is 18.0. The second-order valence-electron chi connectivity index (χ2n) is 4.84. The number of benzene rings is 1. The Balaban J connectivity index is 2.07. The predicted molar refractivity (Wildman–Crippen MR) is 84.6 cm³/mol. The number of ether oxygens (including phenoxy) is 1. The number of carbonyl (C=O) groups excluding carboxylic acids is 1. The Kier molecular flexibility index (Phi) is 5.96. The fraction of sp³-hybridized carbons (Fsp3) is 0.375. The number of carbonyl (C=O) groups is 1. The van der Waals surface area contributed by atoms with Crippen LogP contribution in [0.2, 0.25) is 0 Å². The summed E-state index contributed by atoms with van der Waals surface area (Å²) in [6.45, 7) is 2.23. The van der Waals surface area contributed by atoms with Gasteiger partial charge in [0.15, 0.2) is 0 Å². The molecule has 0 aliphatic carbocycles. The summed E-state index contributed by atoms with van der Waals surface area (Å²) < 4.78 is 4.77. The first kappa shape index (κ1) is 15.7. The summed E-state index contributed by atoms with van der Waals surface area (Å²) in [6, 6.07) is 10.2. The van der Waals surface area contributed by atoms with Crippen molar-refractivity contribution in [1.82, 2.24) is 4.90 Å². The predicted octanol–water partition coefficient (Wildman–Crippen LogP) is 2.63. The molecule has 2 rings (SSSR count). The lowest BCUT2D eigenvalue weighted by Gasteiger charge is -2.22. The van der Waals surface area contributed by atoms with E-state index >= 15 is 0 Å². The first-order valence-corrected chi connectivity index (χ1v) is 7.43. The van der Waals surface area contributed by atoms with Crippen LogP contribution in [-0.2, 0) is 16.1 Å². The highest BCUT2D eigenvalue weighted by Gasteiger charge is 2.20. The molecule has 21 heavy (non-hydrogen) atoms. The third kappa shape index (κ3) is 4.41. The van der Waals surface area contributed by atoms with Crippen LogP contribution >= 0.6 is 11.6 Å². The minimum atomic E-state index is -0.371. The van der Waals surface area contributed by atoms with E-state index < -0.39 is 0 Å². The van der Waals surface area contributed by atoms with E-state index in [9.17, 15) is 4.79 Å². The van der Waals surface area contributed by atoms with E-state index in [2.05, 4.69) is 22.0 Å². The monoisotopic (exact) mass is 306 g/mol. The number of alkyl halides is 1. The van der Waals surface area contributed by atoms with Gasteiger partial charge in [0.2, 0.25) is 0 Å². The quantitative estimate of drug-likeness (QED) is 0.574. The Bertz CT molecular complexity index is 540. The van der Waals surface area contributed by atoms with Crippen LogP contribution in [-0.4, -0.2) is 43.2 Å². The molecule has 0 fully saturated rings. The number of esters is 1. The lowest BCUT2D eigenvalue weighted by molar-refractivity contribution is -0.136. The highest BCUT2D eigenvalue weighted by Crippen LogP contribution is 2.19. The maximum absolute atomic E-state index is 11.7. The van der Waals surface area contributed by atoms with E-state index in [0.29, 0.717) is 24.5 Å². The number of nitrogens with zero attached hydrogens (tertiary/aromatic N) is 2. The number of hydrogen-bond donors (Lipinski definition) is 0. The number of hydrogen-bond acceptors (Lipinski definition) is 4. The van der Waals surface area contributed by atoms with Crippen molar-refractivity contribution in [1.29, 1.82) is 0 Å². The molecule has 0 N–H and O–H groups in total. The van der Waals surface area contributed by atoms with Crippen molar-refractivity contribution in [3.63, 3.8) is 0 Å². The number of rotatable bonds is 7. The third-order valence-corrected chi connectivity index (χ3v) is 3.50. The van der Waals surface area contributed by atoms with Gasteiger partial charge in [-0.1, -0.05) is 30.3 Å². The standard InChI is InChI=1S/C16H19ClN2O2/c1-21-16(20)15-14(7-9-18-15)12-19(10-8-17)11-13-5-3-2-4-6-13/h2-6,9H,7-8,10-12H2,1H3. The molecular formula is C16H19ClN2O2. The van der Waals surface area contributed by atoms with Gasteiger partial charge in [-0.05, 0) is 11.1 Å². The molecule has 1 aromatic carbocycles. The molecule has 0 atom stereocenters. The molecule has 1 aliphatic heterocycles. The fourth-order valence-corrected chi connectivity index (χ4v) is 2.55. The van der Waals surface area contributed by atoms with Gasteiger partial charge < -0.3 is 4.74 Å². The average Bonchev–Trinajstić information content (AvgIpc) is 2.96. The van der Waals surface area contributed by atoms with E-state index in [0.717, 1.165) is 18.7 Å². The van der Waals surface area contributed by atoms with E-state index in [1.807, 2.05) is 18.2 Å². The Labute approximate surface area is 130 Å². The Morgan fingerprint density at radius 3 is 2.76 bits per heavy atom. The first-order chi connectivity index (χ1) is 10.2. The van der Waals surface area contributed by atoms with Gasteiger partial charge >= 0.3 is 5.97 Å². The fourth-order valence-electron chi connectivity index (χ4n) is 2.31. The zero-order valence-electron chi connectivity index (χ0n) is 12.1. The van der Waals surface area contributed by atoms with Crippen LogP contribution < -0.4 is 0 Å². The van der Waals surface area contributed by atoms with E-state index in [-0.39, 0.29) is 5.97 Å². The second kappa shape index (κ2) is 7.96. The average molecular weight is 307 g/mol. The highest BCUT2D eigenvalue weighted by molar-refractivity contribution is 6.18. The molecule has 112 valence electrons. The molecule has 0 unspecified atom stereocenters. The van der Waals surface area contributed by atoms with Crippen molar-refractivity contribution in [3.05, 3.63) is 47.2 Å². The minimum absolute atomic E-state index is 0.371. The van der Waals surface area contributed by atoms with Crippen molar-refractivity contribution in [2.45, 2.75) is 13.0 Å². The van der Waals surface area contributed by atoms with E-state index in [1.165, 1.54) is 12.7 Å². The van der Waals surface area contributed by atoms with Crippen LogP contribution in [0.5, 0.6) is 0 Å². The largest absolute Gasteiger partial charge is 0.464 e. The van der Waals surface area contributed by atoms with Gasteiger partial charge in [-0.25, -0.2) is 4.79 Å².